The Hall–Kier alpha value is -4.80. The fourth-order valence-electron chi connectivity index (χ4n) is 7.39. The van der Waals surface area contributed by atoms with Crippen molar-refractivity contribution in [2.45, 2.75) is 43.2 Å². The zero-order valence-electron chi connectivity index (χ0n) is 31.0. The van der Waals surface area contributed by atoms with Crippen molar-refractivity contribution in [1.82, 2.24) is 0 Å². The lowest BCUT2D eigenvalue weighted by atomic mass is 9.92. The molecule has 0 fully saturated rings. The van der Waals surface area contributed by atoms with Gasteiger partial charge in [0.15, 0.2) is 0 Å². The van der Waals surface area contributed by atoms with E-state index in [-0.39, 0.29) is 17.7 Å². The Morgan fingerprint density at radius 1 is 0.492 bits per heavy atom. The quantitative estimate of drug-likeness (QED) is 0.103. The lowest BCUT2D eigenvalue weighted by Gasteiger charge is -2.35. The molecular weight excluding hydrogens is 838 g/mol. The molecule has 1 aliphatic rings. The van der Waals surface area contributed by atoms with Crippen LogP contribution in [0, 0.1) is 0 Å². The molecular formula is C43H32F12O2P2. The molecule has 5 aromatic carbocycles. The summed E-state index contributed by atoms with van der Waals surface area (Å²) in [7, 11) is -1.99. The van der Waals surface area contributed by atoms with E-state index in [1.54, 1.807) is 66.7 Å². The van der Waals surface area contributed by atoms with Crippen molar-refractivity contribution in [2.75, 3.05) is 14.2 Å². The normalized spacial score (nSPS) is 15.5. The molecule has 0 heterocycles. The minimum absolute atomic E-state index is 0.148. The number of alkyl halides is 12. The van der Waals surface area contributed by atoms with Crippen LogP contribution in [0.5, 0.6) is 11.5 Å². The Morgan fingerprint density at radius 2 is 0.898 bits per heavy atom. The van der Waals surface area contributed by atoms with Crippen molar-refractivity contribution in [3.63, 3.8) is 0 Å². The molecule has 0 spiro atoms. The molecule has 59 heavy (non-hydrogen) atoms. The molecule has 6 rings (SSSR count). The number of para-hydroxylation sites is 2. The van der Waals surface area contributed by atoms with Crippen LogP contribution in [0.1, 0.15) is 40.7 Å². The summed E-state index contributed by atoms with van der Waals surface area (Å²) < 4.78 is 187. The summed E-state index contributed by atoms with van der Waals surface area (Å²) in [4.78, 5) is 0. The highest BCUT2D eigenvalue weighted by Crippen LogP contribution is 2.55. The lowest BCUT2D eigenvalue weighted by Crippen LogP contribution is -2.35. The number of hydrogen-bond acceptors (Lipinski definition) is 2. The average Bonchev–Trinajstić information content (AvgIpc) is 3.67. The van der Waals surface area contributed by atoms with E-state index < -0.39 is 85.0 Å². The van der Waals surface area contributed by atoms with Gasteiger partial charge in [-0.15, -0.1) is 0 Å². The van der Waals surface area contributed by atoms with Crippen molar-refractivity contribution >= 4 is 42.4 Å². The summed E-state index contributed by atoms with van der Waals surface area (Å²) >= 11 is 0. The van der Waals surface area contributed by atoms with Gasteiger partial charge in [0, 0.05) is 22.2 Å². The van der Waals surface area contributed by atoms with Crippen molar-refractivity contribution < 1.29 is 62.2 Å². The van der Waals surface area contributed by atoms with Crippen LogP contribution in [0.2, 0.25) is 0 Å². The van der Waals surface area contributed by atoms with Gasteiger partial charge in [0.25, 0.3) is 0 Å². The first-order valence-corrected chi connectivity index (χ1v) is 20.3. The van der Waals surface area contributed by atoms with Crippen molar-refractivity contribution in [1.29, 1.82) is 0 Å². The molecule has 2 unspecified atom stereocenters. The van der Waals surface area contributed by atoms with E-state index >= 15 is 0 Å². The second-order valence-electron chi connectivity index (χ2n) is 13.2. The van der Waals surface area contributed by atoms with Crippen LogP contribution in [0.25, 0.3) is 0 Å². The summed E-state index contributed by atoms with van der Waals surface area (Å²) in [6, 6.07) is 24.0. The van der Waals surface area contributed by atoms with Crippen molar-refractivity contribution in [3.8, 4) is 11.5 Å². The molecule has 0 radical (unpaired) electrons. The smallest absolute Gasteiger partial charge is 0.417 e. The third-order valence-electron chi connectivity index (χ3n) is 9.77. The van der Waals surface area contributed by atoms with Gasteiger partial charge in [-0.25, -0.2) is 0 Å². The predicted molar refractivity (Wildman–Crippen MR) is 207 cm³/mol. The van der Waals surface area contributed by atoms with Crippen LogP contribution in [0.4, 0.5) is 52.7 Å². The number of hydrogen-bond donors (Lipinski definition) is 0. The molecule has 1 aliphatic carbocycles. The molecule has 0 amide bonds. The zero-order valence-corrected chi connectivity index (χ0v) is 32.8. The van der Waals surface area contributed by atoms with Gasteiger partial charge in [-0.1, -0.05) is 116 Å². The van der Waals surface area contributed by atoms with Crippen LogP contribution < -0.4 is 36.0 Å². The Labute approximate surface area is 333 Å². The summed E-state index contributed by atoms with van der Waals surface area (Å²) in [5, 5.41) is -0.292. The molecule has 0 saturated carbocycles. The molecule has 0 N–H and O–H groups in total. The second kappa shape index (κ2) is 16.7. The Morgan fingerprint density at radius 3 is 1.32 bits per heavy atom. The van der Waals surface area contributed by atoms with Crippen LogP contribution in [-0.4, -0.2) is 19.9 Å². The van der Waals surface area contributed by atoms with E-state index in [4.69, 9.17) is 9.47 Å². The fourth-order valence-corrected chi connectivity index (χ4v) is 13.2. The SMILES string of the molecule is COc1ccccc1P(c1ccccc1OC)c1ccccc1C1C=CC=C1C(C)P(c1cccc(C(F)(F)F)c1C(F)(F)F)c1cccc(C(F)(F)F)c1C(F)(F)F. The zero-order chi connectivity index (χ0) is 43.1. The van der Waals surface area contributed by atoms with Gasteiger partial charge in [-0.2, -0.15) is 52.7 Å². The topological polar surface area (TPSA) is 18.5 Å². The van der Waals surface area contributed by atoms with Crippen LogP contribution >= 0.6 is 15.8 Å². The maximum atomic E-state index is 15.0. The number of halogens is 12. The third kappa shape index (κ3) is 8.76. The van der Waals surface area contributed by atoms with Crippen LogP contribution in [0.3, 0.4) is 0 Å². The summed E-state index contributed by atoms with van der Waals surface area (Å²) in [6.45, 7) is 1.24. The summed E-state index contributed by atoms with van der Waals surface area (Å²) in [5.74, 6) is 0.102. The summed E-state index contributed by atoms with van der Waals surface area (Å²) in [5.41, 5.74) is -9.68. The first-order valence-electron chi connectivity index (χ1n) is 17.6. The molecule has 0 aromatic heterocycles. The van der Waals surface area contributed by atoms with Crippen molar-refractivity contribution in [3.05, 3.63) is 161 Å². The number of ether oxygens (including phenoxy) is 2. The van der Waals surface area contributed by atoms with Crippen molar-refractivity contribution in [2.24, 2.45) is 0 Å². The Balaban J connectivity index is 1.64. The van der Waals surface area contributed by atoms with Gasteiger partial charge in [0.2, 0.25) is 0 Å². The van der Waals surface area contributed by atoms with E-state index in [9.17, 15) is 52.7 Å². The van der Waals surface area contributed by atoms with E-state index in [0.29, 0.717) is 46.6 Å². The first kappa shape index (κ1) is 43.8. The van der Waals surface area contributed by atoms with Gasteiger partial charge in [0.05, 0.1) is 36.5 Å². The number of benzene rings is 5. The molecule has 2 nitrogen and oxygen atoms in total. The van der Waals surface area contributed by atoms with Gasteiger partial charge >= 0.3 is 24.7 Å². The van der Waals surface area contributed by atoms with Crippen LogP contribution in [0.15, 0.2) is 133 Å². The van der Waals surface area contributed by atoms with E-state index in [1.807, 2.05) is 12.1 Å². The lowest BCUT2D eigenvalue weighted by molar-refractivity contribution is -0.161. The van der Waals surface area contributed by atoms with Gasteiger partial charge in [-0.3, -0.25) is 0 Å². The standard InChI is InChI=1S/C43H32F12O2P2/c1-25(58(36-23-11-16-29(40(44,45)46)38(36)42(50,51)52)37-24-12-17-30(41(47,48)49)39(37)43(53,54)55)26-14-10-15-27(26)28-13-4-7-20-33(28)59(34-21-8-5-18-31(34)56-2)35-22-9-6-19-32(35)57-3/h4-25,27H,1-3H3. The van der Waals surface area contributed by atoms with Gasteiger partial charge < -0.3 is 9.47 Å². The van der Waals surface area contributed by atoms with Gasteiger partial charge in [-0.05, 0) is 61.6 Å². The monoisotopic (exact) mass is 870 g/mol. The number of allylic oxidation sites excluding steroid dienone is 4. The highest BCUT2D eigenvalue weighted by atomic mass is 31.1. The average molecular weight is 871 g/mol. The van der Waals surface area contributed by atoms with E-state index in [1.165, 1.54) is 33.3 Å². The van der Waals surface area contributed by atoms with Gasteiger partial charge in [0.1, 0.15) is 11.5 Å². The molecule has 0 aliphatic heterocycles. The van der Waals surface area contributed by atoms with E-state index in [2.05, 4.69) is 0 Å². The van der Waals surface area contributed by atoms with E-state index in [0.717, 1.165) is 10.6 Å². The third-order valence-corrected chi connectivity index (χ3v) is 15.2. The predicted octanol–water partition coefficient (Wildman–Crippen LogP) is 11.6. The first-order chi connectivity index (χ1) is 27.7. The number of methoxy groups -OCH3 is 2. The fraction of sp³-hybridized carbons (Fsp3) is 0.209. The highest BCUT2D eigenvalue weighted by Gasteiger charge is 2.50. The molecule has 0 saturated heterocycles. The molecule has 0 bridgehead atoms. The maximum absolute atomic E-state index is 15.0. The molecule has 2 atom stereocenters. The minimum atomic E-state index is -5.78. The highest BCUT2D eigenvalue weighted by molar-refractivity contribution is 7.80. The Bertz CT molecular complexity index is 2260. The van der Waals surface area contributed by atoms with Crippen LogP contribution in [-0.2, 0) is 24.7 Å². The number of rotatable bonds is 10. The molecule has 16 heteroatoms. The largest absolute Gasteiger partial charge is 0.496 e. The molecule has 310 valence electrons. The maximum Gasteiger partial charge on any atom is 0.417 e. The molecule has 5 aromatic rings. The second-order valence-corrected chi connectivity index (χ2v) is 17.8. The Kier molecular flexibility index (Phi) is 12.4. The minimum Gasteiger partial charge on any atom is -0.496 e. The summed E-state index contributed by atoms with van der Waals surface area (Å²) in [6.07, 6.45) is -18.2.